The van der Waals surface area contributed by atoms with E-state index in [0.717, 1.165) is 24.8 Å². The van der Waals surface area contributed by atoms with Gasteiger partial charge in [0, 0.05) is 18.5 Å². The van der Waals surface area contributed by atoms with Gasteiger partial charge in [-0.1, -0.05) is 30.3 Å². The summed E-state index contributed by atoms with van der Waals surface area (Å²) in [6, 6.07) is 13.1. The Kier molecular flexibility index (Phi) is 8.87. The molecule has 0 aliphatic heterocycles. The Morgan fingerprint density at radius 3 is 2.58 bits per heavy atom. The van der Waals surface area contributed by atoms with Gasteiger partial charge in [-0.2, -0.15) is 0 Å². The largest absolute Gasteiger partial charge is 0.488 e. The van der Waals surface area contributed by atoms with Gasteiger partial charge >= 0.3 is 5.97 Å². The van der Waals surface area contributed by atoms with Crippen LogP contribution in [-0.4, -0.2) is 42.5 Å². The van der Waals surface area contributed by atoms with Gasteiger partial charge in [0.15, 0.2) is 11.6 Å². The number of esters is 1. The maximum atomic E-state index is 14.1. The van der Waals surface area contributed by atoms with Crippen molar-refractivity contribution in [2.24, 2.45) is 5.92 Å². The number of aliphatic hydroxyl groups excluding tert-OH is 1. The highest BCUT2D eigenvalue weighted by Gasteiger charge is 2.28. The average molecular weight is 458 g/mol. The molecule has 1 atom stereocenters. The Bertz CT molecular complexity index is 905. The second-order valence-corrected chi connectivity index (χ2v) is 9.55. The first-order valence-corrected chi connectivity index (χ1v) is 11.8. The van der Waals surface area contributed by atoms with Crippen molar-refractivity contribution in [2.45, 2.75) is 64.5 Å². The highest BCUT2D eigenvalue weighted by Crippen LogP contribution is 2.31. The monoisotopic (exact) mass is 457 g/mol. The van der Waals surface area contributed by atoms with E-state index in [1.165, 1.54) is 17.2 Å². The molecule has 5 nitrogen and oxygen atoms in total. The van der Waals surface area contributed by atoms with Crippen LogP contribution in [0.1, 0.15) is 50.3 Å². The maximum absolute atomic E-state index is 14.1. The van der Waals surface area contributed by atoms with Crippen LogP contribution < -0.4 is 10.1 Å². The molecular weight excluding hydrogens is 421 g/mol. The lowest BCUT2D eigenvalue weighted by molar-refractivity contribution is -0.143. The number of hydrogen-bond acceptors (Lipinski definition) is 5. The fourth-order valence-corrected chi connectivity index (χ4v) is 4.52. The molecule has 33 heavy (non-hydrogen) atoms. The van der Waals surface area contributed by atoms with Crippen LogP contribution in [0.15, 0.2) is 42.5 Å². The van der Waals surface area contributed by atoms with Crippen molar-refractivity contribution in [3.63, 3.8) is 0 Å². The van der Waals surface area contributed by atoms with Crippen molar-refractivity contribution in [1.29, 1.82) is 0 Å². The minimum absolute atomic E-state index is 0.0177. The van der Waals surface area contributed by atoms with Crippen LogP contribution in [0.5, 0.6) is 5.75 Å². The molecular formula is C27H36FNO4. The second-order valence-electron chi connectivity index (χ2n) is 9.55. The average Bonchev–Trinajstić information content (AvgIpc) is 3.18. The highest BCUT2D eigenvalue weighted by atomic mass is 19.1. The quantitative estimate of drug-likeness (QED) is 0.467. The van der Waals surface area contributed by atoms with Crippen LogP contribution in [0, 0.1) is 11.7 Å². The number of aliphatic hydroxyl groups is 1. The number of carbonyl (C=O) groups excluding carboxylic acids is 1. The second kappa shape index (κ2) is 11.6. The van der Waals surface area contributed by atoms with E-state index >= 15 is 0 Å². The van der Waals surface area contributed by atoms with Gasteiger partial charge < -0.3 is 19.9 Å². The molecule has 0 fully saturated rings. The molecule has 0 radical (unpaired) electrons. The summed E-state index contributed by atoms with van der Waals surface area (Å²) in [6.07, 6.45) is 3.10. The zero-order valence-corrected chi connectivity index (χ0v) is 19.9. The molecule has 0 heterocycles. The summed E-state index contributed by atoms with van der Waals surface area (Å²) in [7, 11) is 0. The first-order chi connectivity index (χ1) is 15.8. The molecule has 0 aromatic heterocycles. The number of aryl methyl sites for hydroxylation is 1. The van der Waals surface area contributed by atoms with Crippen LogP contribution in [0.2, 0.25) is 0 Å². The van der Waals surface area contributed by atoms with Crippen molar-refractivity contribution >= 4 is 5.97 Å². The number of β-amino-alcohol motifs (C(OH)–C–C–N with tert-alkyl or cyclic N) is 1. The third kappa shape index (κ3) is 7.83. The van der Waals surface area contributed by atoms with Crippen molar-refractivity contribution in [2.75, 3.05) is 19.8 Å². The van der Waals surface area contributed by atoms with Gasteiger partial charge in [0.25, 0.3) is 0 Å². The number of nitrogens with one attached hydrogen (secondary N) is 1. The topological polar surface area (TPSA) is 67.8 Å². The molecule has 0 amide bonds. The maximum Gasteiger partial charge on any atom is 0.306 e. The smallest absolute Gasteiger partial charge is 0.306 e. The number of ether oxygens (including phenoxy) is 2. The van der Waals surface area contributed by atoms with E-state index in [4.69, 9.17) is 9.47 Å². The minimum atomic E-state index is -0.771. The fourth-order valence-electron chi connectivity index (χ4n) is 4.52. The molecule has 0 spiro atoms. The third-order valence-electron chi connectivity index (χ3n) is 6.10. The first-order valence-electron chi connectivity index (χ1n) is 11.8. The van der Waals surface area contributed by atoms with E-state index in [-0.39, 0.29) is 30.3 Å². The van der Waals surface area contributed by atoms with Crippen LogP contribution in [0.4, 0.5) is 4.39 Å². The first kappa shape index (κ1) is 25.2. The fraction of sp³-hybridized carbons (Fsp3) is 0.519. The number of rotatable bonds is 12. The van der Waals surface area contributed by atoms with E-state index in [1.54, 1.807) is 19.1 Å². The van der Waals surface area contributed by atoms with Gasteiger partial charge in [-0.15, -0.1) is 0 Å². The molecule has 0 bridgehead atoms. The molecule has 6 heteroatoms. The van der Waals surface area contributed by atoms with Gasteiger partial charge in [-0.3, -0.25) is 4.79 Å². The van der Waals surface area contributed by atoms with Gasteiger partial charge in [0.2, 0.25) is 0 Å². The van der Waals surface area contributed by atoms with E-state index in [9.17, 15) is 14.3 Å². The standard InChI is InChI=1S/C27H36FNO4/c1-4-32-26(31)12-10-19-9-11-24(28)25(15-19)33-18-23(30)17-29-27(2,3)16-20-13-21-7-5-6-8-22(21)14-20/h5-9,11,15,20,23,29-30H,4,10,12-14,16-18H2,1-3H3. The van der Waals surface area contributed by atoms with Crippen LogP contribution in [0.25, 0.3) is 0 Å². The van der Waals surface area contributed by atoms with Gasteiger partial charge in [-0.05, 0) is 81.2 Å². The number of hydrogen-bond donors (Lipinski definition) is 2. The van der Waals surface area contributed by atoms with Crippen molar-refractivity contribution in [1.82, 2.24) is 5.32 Å². The molecule has 2 aromatic rings. The lowest BCUT2D eigenvalue weighted by Crippen LogP contribution is -2.46. The summed E-state index contributed by atoms with van der Waals surface area (Å²) >= 11 is 0. The van der Waals surface area contributed by atoms with Gasteiger partial charge in [0.05, 0.1) is 6.61 Å². The summed E-state index contributed by atoms with van der Waals surface area (Å²) in [5.74, 6) is -0.103. The molecule has 1 unspecified atom stereocenters. The molecule has 1 aliphatic rings. The zero-order valence-electron chi connectivity index (χ0n) is 19.9. The number of benzene rings is 2. The van der Waals surface area contributed by atoms with E-state index in [1.807, 2.05) is 0 Å². The van der Waals surface area contributed by atoms with Crippen LogP contribution >= 0.6 is 0 Å². The predicted octanol–water partition coefficient (Wildman–Crippen LogP) is 4.23. The molecule has 2 aromatic carbocycles. The Labute approximate surface area is 196 Å². The SMILES string of the molecule is CCOC(=O)CCc1ccc(F)c(OCC(O)CNC(C)(C)CC2Cc3ccccc3C2)c1. The Hall–Kier alpha value is -2.44. The normalized spacial score (nSPS) is 14.7. The third-order valence-corrected chi connectivity index (χ3v) is 6.10. The summed E-state index contributed by atoms with van der Waals surface area (Å²) in [6.45, 7) is 6.74. The Morgan fingerprint density at radius 1 is 1.21 bits per heavy atom. The highest BCUT2D eigenvalue weighted by molar-refractivity contribution is 5.69. The number of halogens is 1. The van der Waals surface area contributed by atoms with Crippen molar-refractivity contribution in [3.05, 3.63) is 65.0 Å². The molecule has 1 aliphatic carbocycles. The van der Waals surface area contributed by atoms with Gasteiger partial charge in [-0.25, -0.2) is 4.39 Å². The van der Waals surface area contributed by atoms with E-state index in [2.05, 4.69) is 43.4 Å². The predicted molar refractivity (Wildman–Crippen MR) is 127 cm³/mol. The van der Waals surface area contributed by atoms with Gasteiger partial charge in [0.1, 0.15) is 12.7 Å². The lowest BCUT2D eigenvalue weighted by atomic mass is 9.88. The molecule has 2 N–H and O–H groups in total. The molecule has 0 saturated heterocycles. The van der Waals surface area contributed by atoms with E-state index in [0.29, 0.717) is 25.5 Å². The number of carbonyl (C=O) groups is 1. The molecule has 0 saturated carbocycles. The van der Waals surface area contributed by atoms with E-state index < -0.39 is 11.9 Å². The van der Waals surface area contributed by atoms with Crippen LogP contribution in [0.3, 0.4) is 0 Å². The zero-order chi connectivity index (χ0) is 23.8. The number of fused-ring (bicyclic) bond motifs is 1. The van der Waals surface area contributed by atoms with Crippen LogP contribution in [-0.2, 0) is 28.8 Å². The lowest BCUT2D eigenvalue weighted by Gasteiger charge is -2.30. The molecule has 3 rings (SSSR count). The summed E-state index contributed by atoms with van der Waals surface area (Å²) in [4.78, 5) is 11.5. The Balaban J connectivity index is 1.43. The summed E-state index contributed by atoms with van der Waals surface area (Å²) in [5, 5.41) is 13.8. The van der Waals surface area contributed by atoms with Crippen molar-refractivity contribution in [3.8, 4) is 5.75 Å². The summed E-state index contributed by atoms with van der Waals surface area (Å²) < 4.78 is 24.6. The van der Waals surface area contributed by atoms with Crippen molar-refractivity contribution < 1.29 is 23.8 Å². The summed E-state index contributed by atoms with van der Waals surface area (Å²) in [5.41, 5.74) is 3.54. The Morgan fingerprint density at radius 2 is 1.91 bits per heavy atom. The molecule has 180 valence electrons. The minimum Gasteiger partial charge on any atom is -0.488 e.